The van der Waals surface area contributed by atoms with E-state index in [9.17, 15) is 0 Å². The number of thiophene rings is 1. The van der Waals surface area contributed by atoms with E-state index in [1.165, 1.54) is 4.88 Å². The van der Waals surface area contributed by atoms with Crippen molar-refractivity contribution in [1.29, 1.82) is 0 Å². The zero-order chi connectivity index (χ0) is 18.7. The summed E-state index contributed by atoms with van der Waals surface area (Å²) in [4.78, 5) is 3.72. The molecule has 7 heteroatoms. The molecule has 1 atom stereocenters. The summed E-state index contributed by atoms with van der Waals surface area (Å²) in [6.45, 7) is 12.4. The van der Waals surface area contributed by atoms with Crippen LogP contribution in [0.25, 0.3) is 0 Å². The van der Waals surface area contributed by atoms with Crippen molar-refractivity contribution in [2.75, 3.05) is 0 Å². The quantitative estimate of drug-likeness (QED) is 0.611. The minimum Gasteiger partial charge on any atom is -0.468 e. The number of aromatic nitrogens is 4. The van der Waals surface area contributed by atoms with Crippen LogP contribution in [0.1, 0.15) is 57.1 Å². The summed E-state index contributed by atoms with van der Waals surface area (Å²) in [5.41, 5.74) is -0.175. The lowest BCUT2D eigenvalue weighted by Gasteiger charge is -2.34. The molecule has 3 aromatic heterocycles. The third-order valence-corrected chi connectivity index (χ3v) is 5.16. The van der Waals surface area contributed by atoms with Crippen LogP contribution >= 0.6 is 11.3 Å². The van der Waals surface area contributed by atoms with E-state index in [1.807, 2.05) is 16.8 Å². The lowest BCUT2D eigenvalue weighted by Crippen LogP contribution is -2.36. The molecule has 0 N–H and O–H groups in total. The van der Waals surface area contributed by atoms with Crippen molar-refractivity contribution < 1.29 is 4.42 Å². The van der Waals surface area contributed by atoms with Crippen molar-refractivity contribution >= 4 is 11.3 Å². The molecule has 0 fully saturated rings. The van der Waals surface area contributed by atoms with Crippen LogP contribution in [0, 0.1) is 5.92 Å². The van der Waals surface area contributed by atoms with Gasteiger partial charge in [-0.1, -0.05) is 19.9 Å². The molecule has 0 saturated carbocycles. The van der Waals surface area contributed by atoms with Gasteiger partial charge in [-0.3, -0.25) is 4.90 Å². The van der Waals surface area contributed by atoms with E-state index >= 15 is 0 Å². The molecular weight excluding hydrogens is 346 g/mol. The van der Waals surface area contributed by atoms with Crippen molar-refractivity contribution in [1.82, 2.24) is 25.1 Å². The van der Waals surface area contributed by atoms with Crippen molar-refractivity contribution in [2.24, 2.45) is 5.92 Å². The Morgan fingerprint density at radius 1 is 1.19 bits per heavy atom. The first kappa shape index (κ1) is 18.8. The molecule has 3 rings (SSSR count). The molecular formula is C19H27N5OS. The van der Waals surface area contributed by atoms with Crippen LogP contribution < -0.4 is 0 Å². The third kappa shape index (κ3) is 4.22. The molecule has 6 nitrogen and oxygen atoms in total. The second kappa shape index (κ2) is 7.72. The van der Waals surface area contributed by atoms with E-state index in [2.05, 4.69) is 72.6 Å². The zero-order valence-electron chi connectivity index (χ0n) is 16.1. The van der Waals surface area contributed by atoms with Gasteiger partial charge in [0.2, 0.25) is 0 Å². The number of nitrogens with zero attached hydrogens (tertiary/aromatic N) is 5. The molecule has 1 unspecified atom stereocenters. The van der Waals surface area contributed by atoms with Gasteiger partial charge in [0.15, 0.2) is 5.82 Å². The van der Waals surface area contributed by atoms with Crippen molar-refractivity contribution in [3.8, 4) is 0 Å². The van der Waals surface area contributed by atoms with Crippen molar-refractivity contribution in [2.45, 2.75) is 59.3 Å². The van der Waals surface area contributed by atoms with Crippen LogP contribution in [0.2, 0.25) is 0 Å². The summed E-state index contributed by atoms with van der Waals surface area (Å²) in [7, 11) is 0. The van der Waals surface area contributed by atoms with Gasteiger partial charge in [0, 0.05) is 11.4 Å². The molecule has 3 heterocycles. The number of tetrazole rings is 1. The first-order valence-corrected chi connectivity index (χ1v) is 9.82. The third-order valence-electron chi connectivity index (χ3n) is 4.30. The fraction of sp³-hybridized carbons (Fsp3) is 0.526. The van der Waals surface area contributed by atoms with E-state index in [-0.39, 0.29) is 11.6 Å². The maximum absolute atomic E-state index is 5.63. The number of rotatable bonds is 7. The maximum atomic E-state index is 5.63. The zero-order valence-corrected chi connectivity index (χ0v) is 16.9. The monoisotopic (exact) mass is 373 g/mol. The molecule has 26 heavy (non-hydrogen) atoms. The van der Waals surface area contributed by atoms with Gasteiger partial charge in [-0.25, -0.2) is 4.68 Å². The highest BCUT2D eigenvalue weighted by atomic mass is 32.1. The highest BCUT2D eigenvalue weighted by Crippen LogP contribution is 2.32. The van der Waals surface area contributed by atoms with Gasteiger partial charge in [-0.05, 0) is 60.7 Å². The molecule has 0 aliphatic rings. The first-order chi connectivity index (χ1) is 12.4. The Labute approximate surface area is 158 Å². The van der Waals surface area contributed by atoms with Crippen molar-refractivity contribution in [3.63, 3.8) is 0 Å². The van der Waals surface area contributed by atoms with Crippen LogP contribution in [-0.4, -0.2) is 25.1 Å². The topological polar surface area (TPSA) is 60.0 Å². The van der Waals surface area contributed by atoms with Gasteiger partial charge in [0.05, 0.1) is 24.4 Å². The van der Waals surface area contributed by atoms with Crippen LogP contribution in [0.15, 0.2) is 40.3 Å². The molecule has 0 radical (unpaired) electrons. The van der Waals surface area contributed by atoms with E-state index in [0.717, 1.165) is 18.1 Å². The summed E-state index contributed by atoms with van der Waals surface area (Å²) in [6, 6.07) is 8.29. The van der Waals surface area contributed by atoms with Crippen LogP contribution in [-0.2, 0) is 18.6 Å². The Morgan fingerprint density at radius 3 is 2.58 bits per heavy atom. The average Bonchev–Trinajstić information content (AvgIpc) is 3.28. The molecule has 0 aromatic carbocycles. The van der Waals surface area contributed by atoms with E-state index in [1.54, 1.807) is 17.6 Å². The molecule has 0 bridgehead atoms. The van der Waals surface area contributed by atoms with Crippen molar-refractivity contribution in [3.05, 3.63) is 52.4 Å². The molecule has 0 aliphatic heterocycles. The summed E-state index contributed by atoms with van der Waals surface area (Å²) >= 11 is 1.77. The molecule has 0 saturated heterocycles. The Balaban J connectivity index is 1.98. The SMILES string of the molecule is CC(C)C(c1nnnn1C(C)(C)C)N(Cc1ccco1)Cc1cccs1. The Kier molecular flexibility index (Phi) is 5.58. The summed E-state index contributed by atoms with van der Waals surface area (Å²) in [6.07, 6.45) is 1.72. The van der Waals surface area contributed by atoms with E-state index in [0.29, 0.717) is 12.5 Å². The minimum absolute atomic E-state index is 0.0800. The predicted molar refractivity (Wildman–Crippen MR) is 103 cm³/mol. The maximum Gasteiger partial charge on any atom is 0.169 e. The Bertz CT molecular complexity index is 750. The second-order valence-electron chi connectivity index (χ2n) is 7.87. The van der Waals surface area contributed by atoms with Gasteiger partial charge in [0.25, 0.3) is 0 Å². The van der Waals surface area contributed by atoms with Crippen LogP contribution in [0.4, 0.5) is 0 Å². The minimum atomic E-state index is -0.175. The van der Waals surface area contributed by atoms with Gasteiger partial charge in [0.1, 0.15) is 5.76 Å². The fourth-order valence-corrected chi connectivity index (χ4v) is 3.93. The molecule has 0 amide bonds. The Morgan fingerprint density at radius 2 is 2.00 bits per heavy atom. The number of hydrogen-bond donors (Lipinski definition) is 0. The normalized spacial score (nSPS) is 13.7. The molecule has 0 spiro atoms. The van der Waals surface area contributed by atoms with Gasteiger partial charge in [-0.15, -0.1) is 16.4 Å². The fourth-order valence-electron chi connectivity index (χ4n) is 3.20. The molecule has 3 aromatic rings. The van der Waals surface area contributed by atoms with E-state index < -0.39 is 0 Å². The largest absolute Gasteiger partial charge is 0.468 e. The highest BCUT2D eigenvalue weighted by Gasteiger charge is 2.32. The highest BCUT2D eigenvalue weighted by molar-refractivity contribution is 7.09. The lowest BCUT2D eigenvalue weighted by molar-refractivity contribution is 0.112. The Hall–Kier alpha value is -1.99. The van der Waals surface area contributed by atoms with Gasteiger partial charge < -0.3 is 4.42 Å². The first-order valence-electron chi connectivity index (χ1n) is 8.94. The smallest absolute Gasteiger partial charge is 0.169 e. The summed E-state index contributed by atoms with van der Waals surface area (Å²) in [5.74, 6) is 2.19. The van der Waals surface area contributed by atoms with Crippen LogP contribution in [0.5, 0.6) is 0 Å². The number of hydrogen-bond acceptors (Lipinski definition) is 6. The van der Waals surface area contributed by atoms with Crippen LogP contribution in [0.3, 0.4) is 0 Å². The summed E-state index contributed by atoms with van der Waals surface area (Å²) < 4.78 is 7.58. The second-order valence-corrected chi connectivity index (χ2v) is 8.90. The standard InChI is InChI=1S/C19H27N5OS/c1-14(2)17(18-20-21-22-24(18)19(3,4)5)23(12-15-8-6-10-25-15)13-16-9-7-11-26-16/h6-11,14,17H,12-13H2,1-5H3. The number of furan rings is 1. The van der Waals surface area contributed by atoms with E-state index in [4.69, 9.17) is 4.42 Å². The molecule has 0 aliphatic carbocycles. The molecule has 140 valence electrons. The van der Waals surface area contributed by atoms with Gasteiger partial charge in [-0.2, -0.15) is 0 Å². The summed E-state index contributed by atoms with van der Waals surface area (Å²) in [5, 5.41) is 14.8. The lowest BCUT2D eigenvalue weighted by atomic mass is 9.99. The predicted octanol–water partition coefficient (Wildman–Crippen LogP) is 4.48. The van der Waals surface area contributed by atoms with Gasteiger partial charge >= 0.3 is 0 Å². The average molecular weight is 374 g/mol.